The number of carbonyl (C=O) groups is 2. The normalized spacial score (nSPS) is 16.2. The van der Waals surface area contributed by atoms with Crippen LogP contribution in [-0.4, -0.2) is 41.5 Å². The molecule has 1 aliphatic rings. The third-order valence-corrected chi connectivity index (χ3v) is 5.74. The van der Waals surface area contributed by atoms with Crippen LogP contribution < -0.4 is 5.32 Å². The van der Waals surface area contributed by atoms with Gasteiger partial charge in [0, 0.05) is 37.7 Å². The van der Waals surface area contributed by atoms with Crippen molar-refractivity contribution in [1.82, 2.24) is 15.4 Å². The SMILES string of the molecule is CCc1cc(C(=O)N2CCC[C@H](CNC(=O)c3ccc(-c4ccccc4)cc3)C2)no1. The fraction of sp³-hybridized carbons (Fsp3) is 0.320. The zero-order chi connectivity index (χ0) is 21.6. The first-order chi connectivity index (χ1) is 15.1. The van der Waals surface area contributed by atoms with E-state index in [4.69, 9.17) is 4.52 Å². The topological polar surface area (TPSA) is 75.4 Å². The lowest BCUT2D eigenvalue weighted by atomic mass is 9.97. The average molecular weight is 418 g/mol. The number of carbonyl (C=O) groups excluding carboxylic acids is 2. The van der Waals surface area contributed by atoms with Gasteiger partial charge < -0.3 is 14.7 Å². The molecule has 1 atom stereocenters. The van der Waals surface area contributed by atoms with E-state index in [0.717, 1.165) is 24.0 Å². The highest BCUT2D eigenvalue weighted by Crippen LogP contribution is 2.20. The first kappa shape index (κ1) is 20.8. The van der Waals surface area contributed by atoms with Crippen LogP contribution in [-0.2, 0) is 6.42 Å². The number of likely N-dealkylation sites (tertiary alicyclic amines) is 1. The molecule has 160 valence electrons. The molecule has 0 bridgehead atoms. The molecule has 1 aromatic heterocycles. The Labute approximate surface area is 182 Å². The molecule has 1 saturated heterocycles. The van der Waals surface area contributed by atoms with Gasteiger partial charge in [-0.1, -0.05) is 54.5 Å². The molecule has 0 saturated carbocycles. The van der Waals surface area contributed by atoms with Crippen LogP contribution in [0.5, 0.6) is 0 Å². The minimum Gasteiger partial charge on any atom is -0.361 e. The number of aromatic nitrogens is 1. The van der Waals surface area contributed by atoms with Crippen LogP contribution in [0.25, 0.3) is 11.1 Å². The molecule has 6 heteroatoms. The van der Waals surface area contributed by atoms with Crippen LogP contribution in [0, 0.1) is 5.92 Å². The summed E-state index contributed by atoms with van der Waals surface area (Å²) < 4.78 is 5.16. The summed E-state index contributed by atoms with van der Waals surface area (Å²) in [5, 5.41) is 6.92. The molecule has 1 aliphatic heterocycles. The Balaban J connectivity index is 1.31. The molecule has 0 unspecified atom stereocenters. The number of hydrogen-bond donors (Lipinski definition) is 1. The van der Waals surface area contributed by atoms with Crippen molar-refractivity contribution in [3.63, 3.8) is 0 Å². The van der Waals surface area contributed by atoms with Crippen molar-refractivity contribution < 1.29 is 14.1 Å². The summed E-state index contributed by atoms with van der Waals surface area (Å²) in [6.07, 6.45) is 2.60. The van der Waals surface area contributed by atoms with E-state index in [9.17, 15) is 9.59 Å². The quantitative estimate of drug-likeness (QED) is 0.653. The molecule has 1 fully saturated rings. The molecule has 0 aliphatic carbocycles. The maximum Gasteiger partial charge on any atom is 0.276 e. The van der Waals surface area contributed by atoms with E-state index in [2.05, 4.69) is 10.5 Å². The molecule has 2 aromatic carbocycles. The molecule has 4 rings (SSSR count). The maximum atomic E-state index is 12.7. The number of nitrogens with one attached hydrogen (secondary N) is 1. The van der Waals surface area contributed by atoms with E-state index in [-0.39, 0.29) is 17.7 Å². The van der Waals surface area contributed by atoms with E-state index in [1.807, 2.05) is 66.4 Å². The second-order valence-corrected chi connectivity index (χ2v) is 7.94. The third-order valence-electron chi connectivity index (χ3n) is 5.74. The number of nitrogens with zero attached hydrogens (tertiary/aromatic N) is 2. The van der Waals surface area contributed by atoms with E-state index in [1.165, 1.54) is 0 Å². The predicted octanol–water partition coefficient (Wildman–Crippen LogP) is 4.19. The Kier molecular flexibility index (Phi) is 6.46. The second-order valence-electron chi connectivity index (χ2n) is 7.94. The summed E-state index contributed by atoms with van der Waals surface area (Å²) in [4.78, 5) is 27.1. The highest BCUT2D eigenvalue weighted by atomic mass is 16.5. The minimum atomic E-state index is -0.101. The van der Waals surface area contributed by atoms with Crippen LogP contribution in [0.2, 0.25) is 0 Å². The van der Waals surface area contributed by atoms with E-state index < -0.39 is 0 Å². The fourth-order valence-electron chi connectivity index (χ4n) is 3.94. The number of benzene rings is 2. The van der Waals surface area contributed by atoms with E-state index >= 15 is 0 Å². The summed E-state index contributed by atoms with van der Waals surface area (Å²) in [5.41, 5.74) is 3.20. The molecule has 2 amide bonds. The number of aryl methyl sites for hydroxylation is 1. The Bertz CT molecular complexity index is 1030. The number of amides is 2. The van der Waals surface area contributed by atoms with Gasteiger partial charge in [0.25, 0.3) is 11.8 Å². The summed E-state index contributed by atoms with van der Waals surface area (Å²) in [6.45, 7) is 3.82. The van der Waals surface area contributed by atoms with Gasteiger partial charge in [-0.05, 0) is 42.0 Å². The summed E-state index contributed by atoms with van der Waals surface area (Å²) >= 11 is 0. The van der Waals surface area contributed by atoms with E-state index in [0.29, 0.717) is 43.1 Å². The van der Waals surface area contributed by atoms with Crippen molar-refractivity contribution in [2.75, 3.05) is 19.6 Å². The van der Waals surface area contributed by atoms with E-state index in [1.54, 1.807) is 6.07 Å². The van der Waals surface area contributed by atoms with Crippen LogP contribution >= 0.6 is 0 Å². The first-order valence-corrected chi connectivity index (χ1v) is 10.8. The van der Waals surface area contributed by atoms with Gasteiger partial charge in [0.15, 0.2) is 5.69 Å². The fourth-order valence-corrected chi connectivity index (χ4v) is 3.94. The smallest absolute Gasteiger partial charge is 0.276 e. The van der Waals surface area contributed by atoms with Crippen molar-refractivity contribution in [2.45, 2.75) is 26.2 Å². The van der Waals surface area contributed by atoms with Crippen molar-refractivity contribution in [1.29, 1.82) is 0 Å². The molecule has 31 heavy (non-hydrogen) atoms. The molecular weight excluding hydrogens is 390 g/mol. The van der Waals surface area contributed by atoms with Crippen LogP contribution in [0.4, 0.5) is 0 Å². The number of rotatable bonds is 6. The zero-order valence-corrected chi connectivity index (χ0v) is 17.7. The highest BCUT2D eigenvalue weighted by Gasteiger charge is 2.26. The minimum absolute atomic E-state index is 0.0906. The van der Waals surface area contributed by atoms with Gasteiger partial charge in [0.2, 0.25) is 0 Å². The third kappa shape index (κ3) is 5.02. The van der Waals surface area contributed by atoms with Gasteiger partial charge in [0.05, 0.1) is 0 Å². The zero-order valence-electron chi connectivity index (χ0n) is 17.7. The van der Waals surface area contributed by atoms with Gasteiger partial charge in [0.1, 0.15) is 5.76 Å². The second kappa shape index (κ2) is 9.60. The lowest BCUT2D eigenvalue weighted by Gasteiger charge is -2.32. The van der Waals surface area contributed by atoms with Crippen LogP contribution in [0.3, 0.4) is 0 Å². The molecule has 2 heterocycles. The van der Waals surface area contributed by atoms with Gasteiger partial charge in [-0.2, -0.15) is 0 Å². The highest BCUT2D eigenvalue weighted by molar-refractivity contribution is 5.94. The molecular formula is C25H27N3O3. The van der Waals surface area contributed by atoms with Gasteiger partial charge in [-0.15, -0.1) is 0 Å². The van der Waals surface area contributed by atoms with Crippen molar-refractivity contribution in [3.05, 3.63) is 77.7 Å². The van der Waals surface area contributed by atoms with Gasteiger partial charge in [-0.3, -0.25) is 9.59 Å². The van der Waals surface area contributed by atoms with Crippen molar-refractivity contribution in [3.8, 4) is 11.1 Å². The van der Waals surface area contributed by atoms with Crippen molar-refractivity contribution in [2.24, 2.45) is 5.92 Å². The first-order valence-electron chi connectivity index (χ1n) is 10.8. The number of hydrogen-bond acceptors (Lipinski definition) is 4. The maximum absolute atomic E-state index is 12.7. The lowest BCUT2D eigenvalue weighted by molar-refractivity contribution is 0.0660. The predicted molar refractivity (Wildman–Crippen MR) is 119 cm³/mol. The largest absolute Gasteiger partial charge is 0.361 e. The summed E-state index contributed by atoms with van der Waals surface area (Å²) in [7, 11) is 0. The molecule has 3 aromatic rings. The standard InChI is InChI=1S/C25H27N3O3/c1-2-22-15-23(27-31-22)25(30)28-14-6-7-18(17-28)16-26-24(29)21-12-10-20(11-13-21)19-8-4-3-5-9-19/h3-5,8-13,15,18H,2,6-7,14,16-17H2,1H3,(H,26,29)/t18-/m1/s1. The molecule has 0 spiro atoms. The van der Waals surface area contributed by atoms with Crippen LogP contribution in [0.15, 0.2) is 65.2 Å². The van der Waals surface area contributed by atoms with Gasteiger partial charge in [-0.25, -0.2) is 0 Å². The van der Waals surface area contributed by atoms with Crippen LogP contribution in [0.1, 0.15) is 46.4 Å². The lowest BCUT2D eigenvalue weighted by Crippen LogP contribution is -2.43. The summed E-state index contributed by atoms with van der Waals surface area (Å²) in [6, 6.07) is 19.4. The summed E-state index contributed by atoms with van der Waals surface area (Å²) in [5.74, 6) is 0.744. The molecule has 0 radical (unpaired) electrons. The monoisotopic (exact) mass is 417 g/mol. The molecule has 6 nitrogen and oxygen atoms in total. The Hall–Kier alpha value is -3.41. The molecule has 1 N–H and O–H groups in total. The van der Waals surface area contributed by atoms with Crippen molar-refractivity contribution >= 4 is 11.8 Å². The van der Waals surface area contributed by atoms with Gasteiger partial charge >= 0.3 is 0 Å². The Morgan fingerprint density at radius 1 is 1.10 bits per heavy atom. The number of piperidine rings is 1. The Morgan fingerprint density at radius 3 is 2.55 bits per heavy atom. The Morgan fingerprint density at radius 2 is 1.84 bits per heavy atom. The average Bonchev–Trinajstić information content (AvgIpc) is 3.32.